The van der Waals surface area contributed by atoms with Crippen LogP contribution in [0.4, 0.5) is 0 Å². The Bertz CT molecular complexity index is 403. The van der Waals surface area contributed by atoms with Gasteiger partial charge >= 0.3 is 5.69 Å². The second-order valence-corrected chi connectivity index (χ2v) is 2.77. The molecule has 6 heteroatoms. The molecule has 1 aromatic rings. The molecule has 1 rings (SSSR count). The minimum Gasteiger partial charge on any atom is -0.348 e. The monoisotopic (exact) mass is 214 g/mol. The van der Waals surface area contributed by atoms with Crippen LogP contribution in [-0.4, -0.2) is 23.2 Å². The van der Waals surface area contributed by atoms with Gasteiger partial charge in [-0.15, -0.1) is 0 Å². The highest BCUT2D eigenvalue weighted by molar-refractivity contribution is 5.04. The highest BCUT2D eigenvalue weighted by atomic mass is 16.7. The fraction of sp³-hybridized carbons (Fsp3) is 0.556. The van der Waals surface area contributed by atoms with Crippen molar-refractivity contribution >= 4 is 0 Å². The van der Waals surface area contributed by atoms with E-state index in [2.05, 4.69) is 9.97 Å². The lowest BCUT2D eigenvalue weighted by atomic mass is 10.3. The Morgan fingerprint density at radius 1 is 1.27 bits per heavy atom. The van der Waals surface area contributed by atoms with Gasteiger partial charge in [-0.2, -0.15) is 0 Å². The van der Waals surface area contributed by atoms with Crippen LogP contribution in [0.5, 0.6) is 0 Å². The molecule has 0 saturated carbocycles. The summed E-state index contributed by atoms with van der Waals surface area (Å²) in [5, 5.41) is 0. The van der Waals surface area contributed by atoms with Gasteiger partial charge in [0, 0.05) is 19.4 Å². The Morgan fingerprint density at radius 3 is 2.33 bits per heavy atom. The van der Waals surface area contributed by atoms with Gasteiger partial charge in [-0.1, -0.05) is 0 Å². The number of rotatable bonds is 5. The first kappa shape index (κ1) is 11.7. The maximum absolute atomic E-state index is 11.4. The number of hydrogen-bond acceptors (Lipinski definition) is 4. The maximum Gasteiger partial charge on any atom is 0.325 e. The molecular weight excluding hydrogens is 200 g/mol. The minimum absolute atomic E-state index is 0.262. The summed E-state index contributed by atoms with van der Waals surface area (Å²) in [6.07, 6.45) is 0.567. The zero-order valence-electron chi connectivity index (χ0n) is 8.70. The molecule has 84 valence electrons. The summed E-state index contributed by atoms with van der Waals surface area (Å²) in [6.45, 7) is 4.43. The predicted octanol–water partition coefficient (Wildman–Crippen LogP) is 0.135. The van der Waals surface area contributed by atoms with Crippen LogP contribution in [-0.2, 0) is 9.47 Å². The molecule has 1 heterocycles. The lowest BCUT2D eigenvalue weighted by Crippen LogP contribution is -2.28. The van der Waals surface area contributed by atoms with Crippen LogP contribution < -0.4 is 11.2 Å². The molecule has 0 spiro atoms. The summed E-state index contributed by atoms with van der Waals surface area (Å²) >= 11 is 0. The molecule has 0 aliphatic carbocycles. The van der Waals surface area contributed by atoms with Crippen LogP contribution in [0.2, 0.25) is 0 Å². The standard InChI is InChI=1S/C9H14N2O4/c1-3-14-8(15-4-2)6-5-10-9(13)11-7(6)12/h5,8H,3-4H2,1-2H3,(H2,10,11,12,13). The number of hydrogen-bond donors (Lipinski definition) is 2. The van der Waals surface area contributed by atoms with Gasteiger partial charge in [-0.05, 0) is 13.8 Å². The zero-order chi connectivity index (χ0) is 11.3. The predicted molar refractivity (Wildman–Crippen MR) is 53.7 cm³/mol. The van der Waals surface area contributed by atoms with Gasteiger partial charge in [0.2, 0.25) is 0 Å². The summed E-state index contributed by atoms with van der Waals surface area (Å²) < 4.78 is 10.4. The first-order chi connectivity index (χ1) is 7.19. The Hall–Kier alpha value is -1.40. The van der Waals surface area contributed by atoms with Gasteiger partial charge in [-0.25, -0.2) is 4.79 Å². The van der Waals surface area contributed by atoms with Crippen molar-refractivity contribution in [3.8, 4) is 0 Å². The third-order valence-corrected chi connectivity index (χ3v) is 1.74. The van der Waals surface area contributed by atoms with E-state index in [1.165, 1.54) is 6.20 Å². The van der Waals surface area contributed by atoms with Crippen molar-refractivity contribution in [2.75, 3.05) is 13.2 Å². The second kappa shape index (κ2) is 5.47. The summed E-state index contributed by atoms with van der Waals surface area (Å²) in [5.41, 5.74) is -0.778. The fourth-order valence-electron chi connectivity index (χ4n) is 1.13. The van der Waals surface area contributed by atoms with E-state index in [4.69, 9.17) is 9.47 Å². The van der Waals surface area contributed by atoms with E-state index in [1.54, 1.807) is 13.8 Å². The third-order valence-electron chi connectivity index (χ3n) is 1.74. The molecule has 0 aliphatic heterocycles. The minimum atomic E-state index is -0.736. The average Bonchev–Trinajstić information content (AvgIpc) is 2.17. The summed E-state index contributed by atoms with van der Waals surface area (Å²) in [7, 11) is 0. The van der Waals surface area contributed by atoms with E-state index in [1.807, 2.05) is 0 Å². The molecule has 0 saturated heterocycles. The van der Waals surface area contributed by atoms with Crippen molar-refractivity contribution in [2.45, 2.75) is 20.1 Å². The maximum atomic E-state index is 11.4. The SMILES string of the molecule is CCOC(OCC)c1c[nH]c(=O)[nH]c1=O. The normalized spacial score (nSPS) is 10.9. The van der Waals surface area contributed by atoms with Crippen LogP contribution in [0.15, 0.2) is 15.8 Å². The number of H-pyrrole nitrogens is 2. The van der Waals surface area contributed by atoms with Gasteiger partial charge < -0.3 is 14.5 Å². The zero-order valence-corrected chi connectivity index (χ0v) is 8.70. The molecule has 0 bridgehead atoms. The molecular formula is C9H14N2O4. The molecule has 6 nitrogen and oxygen atoms in total. The molecule has 1 aromatic heterocycles. The number of aromatic amines is 2. The first-order valence-electron chi connectivity index (χ1n) is 4.74. The number of ether oxygens (including phenoxy) is 2. The van der Waals surface area contributed by atoms with Crippen molar-refractivity contribution in [3.63, 3.8) is 0 Å². The molecule has 0 aliphatic rings. The van der Waals surface area contributed by atoms with Crippen molar-refractivity contribution in [2.24, 2.45) is 0 Å². The number of nitrogens with one attached hydrogen (secondary N) is 2. The molecule has 0 atom stereocenters. The molecule has 15 heavy (non-hydrogen) atoms. The Balaban J connectivity index is 3.00. The number of aromatic nitrogens is 2. The topological polar surface area (TPSA) is 84.2 Å². The lowest BCUT2D eigenvalue weighted by molar-refractivity contribution is -0.141. The highest BCUT2D eigenvalue weighted by Crippen LogP contribution is 2.12. The van der Waals surface area contributed by atoms with Crippen LogP contribution >= 0.6 is 0 Å². The average molecular weight is 214 g/mol. The molecule has 0 unspecified atom stereocenters. The quantitative estimate of drug-likeness (QED) is 0.682. The largest absolute Gasteiger partial charge is 0.348 e. The summed E-state index contributed by atoms with van der Waals surface area (Å²) in [4.78, 5) is 26.7. The molecule has 0 amide bonds. The summed E-state index contributed by atoms with van der Waals surface area (Å²) in [5.74, 6) is 0. The van der Waals surface area contributed by atoms with E-state index in [0.717, 1.165) is 0 Å². The van der Waals surface area contributed by atoms with Gasteiger partial charge in [0.1, 0.15) is 0 Å². The second-order valence-electron chi connectivity index (χ2n) is 2.77. The third kappa shape index (κ3) is 3.03. The van der Waals surface area contributed by atoms with E-state index in [-0.39, 0.29) is 5.56 Å². The van der Waals surface area contributed by atoms with E-state index in [9.17, 15) is 9.59 Å². The van der Waals surface area contributed by atoms with E-state index in [0.29, 0.717) is 13.2 Å². The van der Waals surface area contributed by atoms with Crippen LogP contribution in [0.1, 0.15) is 25.7 Å². The van der Waals surface area contributed by atoms with Gasteiger partial charge in [0.05, 0.1) is 5.56 Å². The van der Waals surface area contributed by atoms with Crippen molar-refractivity contribution < 1.29 is 9.47 Å². The van der Waals surface area contributed by atoms with E-state index >= 15 is 0 Å². The van der Waals surface area contributed by atoms with Gasteiger partial charge in [0.15, 0.2) is 6.29 Å². The van der Waals surface area contributed by atoms with Crippen LogP contribution in [0, 0.1) is 0 Å². The Morgan fingerprint density at radius 2 is 1.87 bits per heavy atom. The summed E-state index contributed by atoms with van der Waals surface area (Å²) in [6, 6.07) is 0. The van der Waals surface area contributed by atoms with Crippen molar-refractivity contribution in [3.05, 3.63) is 32.6 Å². The molecule has 2 N–H and O–H groups in total. The smallest absolute Gasteiger partial charge is 0.325 e. The van der Waals surface area contributed by atoms with E-state index < -0.39 is 17.5 Å². The fourth-order valence-corrected chi connectivity index (χ4v) is 1.13. The van der Waals surface area contributed by atoms with Crippen LogP contribution in [0.25, 0.3) is 0 Å². The van der Waals surface area contributed by atoms with Gasteiger partial charge in [-0.3, -0.25) is 9.78 Å². The van der Waals surface area contributed by atoms with Crippen molar-refractivity contribution in [1.29, 1.82) is 0 Å². The van der Waals surface area contributed by atoms with Gasteiger partial charge in [0.25, 0.3) is 5.56 Å². The lowest BCUT2D eigenvalue weighted by Gasteiger charge is -2.15. The first-order valence-corrected chi connectivity index (χ1v) is 4.74. The molecule has 0 radical (unpaired) electrons. The Labute approximate surface area is 86.2 Å². The molecule has 0 fully saturated rings. The van der Waals surface area contributed by atoms with Crippen molar-refractivity contribution in [1.82, 2.24) is 9.97 Å². The highest BCUT2D eigenvalue weighted by Gasteiger charge is 2.15. The van der Waals surface area contributed by atoms with Crippen LogP contribution in [0.3, 0.4) is 0 Å². The Kier molecular flexibility index (Phi) is 4.26. The molecule has 0 aromatic carbocycles.